The molecule has 0 N–H and O–H groups in total. The predicted octanol–water partition coefficient (Wildman–Crippen LogP) is 12.4. The first-order valence-electron chi connectivity index (χ1n) is 13.0. The Hall–Kier alpha value is -5.55. The lowest BCUT2D eigenvalue weighted by molar-refractivity contribution is 1.11. The van der Waals surface area contributed by atoms with E-state index in [-0.39, 0.29) is 23.5 Å². The van der Waals surface area contributed by atoms with Crippen LogP contribution in [0.2, 0.25) is 0 Å². The monoisotopic (exact) mass is 620 g/mol. The van der Waals surface area contributed by atoms with Gasteiger partial charge in [0.15, 0.2) is 0 Å². The minimum absolute atomic E-state index is 0. The molecule has 0 saturated heterocycles. The molecule has 5 rings (SSSR count). The van der Waals surface area contributed by atoms with Crippen LogP contribution in [-0.4, -0.2) is 0 Å². The van der Waals surface area contributed by atoms with E-state index >= 15 is 0 Å². The second-order valence-electron chi connectivity index (χ2n) is 8.07. The zero-order chi connectivity index (χ0) is 29.1. The van der Waals surface area contributed by atoms with Gasteiger partial charge < -0.3 is 0 Å². The van der Waals surface area contributed by atoms with Gasteiger partial charge in [-0.2, -0.15) is 0 Å². The molecule has 0 nitrogen and oxygen atoms in total. The van der Waals surface area contributed by atoms with Crippen molar-refractivity contribution in [3.05, 3.63) is 212 Å². The number of hydrogen-bond donors (Lipinski definition) is 0. The van der Waals surface area contributed by atoms with Crippen LogP contribution in [0.5, 0.6) is 0 Å². The average Bonchev–Trinajstić information content (AvgIpc) is 3.07. The van der Waals surface area contributed by atoms with E-state index in [1.54, 1.807) is 0 Å². The molecule has 0 aliphatic carbocycles. The van der Waals surface area contributed by atoms with Crippen LogP contribution in [0.3, 0.4) is 0 Å². The van der Waals surface area contributed by atoms with E-state index in [0.717, 1.165) is 0 Å². The highest BCUT2D eigenvalue weighted by Gasteiger charge is 1.78. The summed E-state index contributed by atoms with van der Waals surface area (Å²) in [6.45, 7) is 18.2. The van der Waals surface area contributed by atoms with Crippen molar-refractivity contribution in [3.63, 3.8) is 0 Å². The first-order chi connectivity index (χ1) is 19.7. The van der Waals surface area contributed by atoms with Crippen LogP contribution in [0.4, 0.5) is 23.5 Å². The van der Waals surface area contributed by atoms with Gasteiger partial charge in [-0.05, 0) is 27.8 Å². The van der Waals surface area contributed by atoms with Crippen molar-refractivity contribution in [3.8, 4) is 0 Å². The number of hydrogen-bond acceptors (Lipinski definition) is 0. The third-order valence-electron chi connectivity index (χ3n) is 5.18. The van der Waals surface area contributed by atoms with Crippen LogP contribution >= 0.6 is 0 Å². The van der Waals surface area contributed by atoms with Crippen molar-refractivity contribution in [2.24, 2.45) is 0 Å². The minimum atomic E-state index is 0. The van der Waals surface area contributed by atoms with Crippen molar-refractivity contribution >= 4 is 30.4 Å². The molecule has 0 atom stereocenters. The smallest absolute Gasteiger partial charge is 0.0263 e. The molecule has 0 aliphatic rings. The summed E-state index contributed by atoms with van der Waals surface area (Å²) in [6, 6.07) is 50.1. The Morgan fingerprint density at radius 1 is 0.222 bits per heavy atom. The summed E-state index contributed by atoms with van der Waals surface area (Å²) in [4.78, 5) is 0. The molecule has 0 fully saturated rings. The molecule has 5 aromatic carbocycles. The van der Waals surface area contributed by atoms with Gasteiger partial charge in [-0.25, -0.2) is 0 Å². The maximum Gasteiger partial charge on any atom is -0.0263 e. The van der Waals surface area contributed by atoms with Crippen LogP contribution in [0, 0.1) is 0 Å². The van der Waals surface area contributed by atoms with Gasteiger partial charge in [-0.3, -0.25) is 23.5 Å². The molecule has 0 bridgehead atoms. The first-order valence-corrected chi connectivity index (χ1v) is 13.0. The fourth-order valence-electron chi connectivity index (χ4n) is 2.95. The third kappa shape index (κ3) is 25.9. The highest BCUT2D eigenvalue weighted by Crippen LogP contribution is 2.00. The molecule has 5 aromatic rings. The van der Waals surface area contributed by atoms with Gasteiger partial charge in [-0.1, -0.05) is 215 Å². The summed E-state index contributed by atoms with van der Waals surface area (Å²) < 4.78 is 0. The second-order valence-corrected chi connectivity index (χ2v) is 8.07. The maximum atomic E-state index is 3.63. The number of benzene rings is 5. The molecule has 5 heteroatoms. The lowest BCUT2D eigenvalue weighted by atomic mass is 10.2. The fraction of sp³-hybridized carbons (Fsp3) is 0. The van der Waals surface area contributed by atoms with Crippen molar-refractivity contribution in [1.82, 2.24) is 0 Å². The van der Waals surface area contributed by atoms with Crippen LogP contribution in [0.1, 0.15) is 27.8 Å². The largest absolute Gasteiger partial charge is 0.269 e. The Kier molecular flexibility index (Phi) is 37.8. The van der Waals surface area contributed by atoms with E-state index in [4.69, 9.17) is 0 Å². The summed E-state index contributed by atoms with van der Waals surface area (Å²) in [5, 5.41) is 0. The molecule has 0 amide bonds. The summed E-state index contributed by atoms with van der Waals surface area (Å²) in [6.07, 6.45) is 9.17. The minimum Gasteiger partial charge on any atom is -0.269 e. The predicted molar refractivity (Wildman–Crippen MR) is 195 cm³/mol. The molecule has 0 saturated carbocycles. The second kappa shape index (κ2) is 34.7. The highest BCUT2D eigenvalue weighted by atomic mass is 19.0. The fourth-order valence-corrected chi connectivity index (χ4v) is 2.95. The Labute approximate surface area is 266 Å². The Morgan fingerprint density at radius 3 is 0.400 bits per heavy atom. The maximum absolute atomic E-state index is 3.63. The van der Waals surface area contributed by atoms with Gasteiger partial charge in [0.2, 0.25) is 0 Å². The van der Waals surface area contributed by atoms with Crippen molar-refractivity contribution in [2.75, 3.05) is 0 Å². The van der Waals surface area contributed by atoms with Gasteiger partial charge in [0.1, 0.15) is 0 Å². The zero-order valence-corrected chi connectivity index (χ0v) is 25.4. The van der Waals surface area contributed by atoms with Crippen LogP contribution in [-0.2, 0) is 0 Å². The lowest BCUT2D eigenvalue weighted by Gasteiger charge is -1.85. The average molecular weight is 621 g/mol. The van der Waals surface area contributed by atoms with E-state index in [1.807, 2.05) is 182 Å². The number of rotatable bonds is 5. The molecular formula is C40H45F5. The Morgan fingerprint density at radius 2 is 0.333 bits per heavy atom. The van der Waals surface area contributed by atoms with E-state index in [1.165, 1.54) is 27.8 Å². The normalized spacial score (nSPS) is 7.56. The van der Waals surface area contributed by atoms with Crippen LogP contribution in [0.25, 0.3) is 30.4 Å². The Balaban J connectivity index is -0.000000144. The van der Waals surface area contributed by atoms with Crippen LogP contribution in [0.15, 0.2) is 185 Å². The van der Waals surface area contributed by atoms with Crippen molar-refractivity contribution in [1.29, 1.82) is 0 Å². The zero-order valence-electron chi connectivity index (χ0n) is 25.4. The summed E-state index contributed by atoms with van der Waals surface area (Å²) in [5.74, 6) is 0. The third-order valence-corrected chi connectivity index (χ3v) is 5.18. The lowest BCUT2D eigenvalue weighted by Crippen LogP contribution is -1.63. The first kappa shape index (κ1) is 49.1. The van der Waals surface area contributed by atoms with Gasteiger partial charge in [-0.15, -0.1) is 0 Å². The van der Waals surface area contributed by atoms with Crippen molar-refractivity contribution in [2.45, 2.75) is 0 Å². The topological polar surface area (TPSA) is 0 Å². The van der Waals surface area contributed by atoms with Gasteiger partial charge in [0.25, 0.3) is 0 Å². The van der Waals surface area contributed by atoms with E-state index in [9.17, 15) is 0 Å². The quantitative estimate of drug-likeness (QED) is 0.172. The highest BCUT2D eigenvalue weighted by molar-refractivity contribution is 5.48. The molecule has 0 spiro atoms. The molecule has 0 aromatic heterocycles. The van der Waals surface area contributed by atoms with Gasteiger partial charge in [0.05, 0.1) is 0 Å². The SMILES string of the molecule is C=Cc1ccccc1.C=Cc1ccccc1.C=Cc1ccccc1.C=Cc1ccccc1.C=Cc1ccccc1.F.F.F.F.F. The summed E-state index contributed by atoms with van der Waals surface area (Å²) in [5.41, 5.74) is 5.87. The molecule has 240 valence electrons. The van der Waals surface area contributed by atoms with Crippen LogP contribution < -0.4 is 0 Å². The molecular weight excluding hydrogens is 575 g/mol. The van der Waals surface area contributed by atoms with E-state index < -0.39 is 0 Å². The van der Waals surface area contributed by atoms with Crippen molar-refractivity contribution < 1.29 is 23.5 Å². The molecule has 0 unspecified atom stereocenters. The summed E-state index contributed by atoms with van der Waals surface area (Å²) in [7, 11) is 0. The Bertz CT molecular complexity index is 1090. The van der Waals surface area contributed by atoms with Gasteiger partial charge in [0, 0.05) is 0 Å². The molecule has 0 radical (unpaired) electrons. The standard InChI is InChI=1S/5C8H8.5FH/c5*1-2-8-6-4-3-5-7-8;;;;;/h5*2-7H,1H2;5*1H. The number of halogens is 5. The van der Waals surface area contributed by atoms with E-state index in [0.29, 0.717) is 0 Å². The molecule has 45 heavy (non-hydrogen) atoms. The molecule has 0 heterocycles. The van der Waals surface area contributed by atoms with E-state index in [2.05, 4.69) is 32.9 Å². The van der Waals surface area contributed by atoms with Gasteiger partial charge >= 0.3 is 0 Å². The molecule has 0 aliphatic heterocycles. The summed E-state index contributed by atoms with van der Waals surface area (Å²) >= 11 is 0.